The number of halogens is 2. The van der Waals surface area contributed by atoms with E-state index in [-0.39, 0.29) is 5.54 Å². The third-order valence-electron chi connectivity index (χ3n) is 3.00. The van der Waals surface area contributed by atoms with Crippen molar-refractivity contribution < 1.29 is 0 Å². The van der Waals surface area contributed by atoms with Gasteiger partial charge in [0.2, 0.25) is 0 Å². The minimum atomic E-state index is -0.381. The molecule has 0 saturated carbocycles. The minimum Gasteiger partial charge on any atom is -0.321 e. The predicted molar refractivity (Wildman–Crippen MR) is 83.5 cm³/mol. The summed E-state index contributed by atoms with van der Waals surface area (Å²) in [6.07, 6.45) is 0.797. The first-order valence-electron chi connectivity index (χ1n) is 5.77. The molecule has 94 valence electrons. The maximum Gasteiger partial charge on any atom is 0.0422 e. The molecule has 3 heteroatoms. The standard InChI is InChI=1S/C15H15Br2N/c1-15(18,12-6-4-7-13(16)9-12)10-11-5-2-3-8-14(11)17/h2-9H,10,18H2,1H3. The minimum absolute atomic E-state index is 0.381. The van der Waals surface area contributed by atoms with Gasteiger partial charge in [0, 0.05) is 14.5 Å². The molecule has 2 rings (SSSR count). The first-order chi connectivity index (χ1) is 8.49. The number of hydrogen-bond donors (Lipinski definition) is 1. The summed E-state index contributed by atoms with van der Waals surface area (Å²) in [5.41, 5.74) is 8.44. The highest BCUT2D eigenvalue weighted by Crippen LogP contribution is 2.28. The maximum absolute atomic E-state index is 6.47. The van der Waals surface area contributed by atoms with Crippen molar-refractivity contribution >= 4 is 31.9 Å². The van der Waals surface area contributed by atoms with E-state index in [1.54, 1.807) is 0 Å². The van der Waals surface area contributed by atoms with E-state index >= 15 is 0 Å². The smallest absolute Gasteiger partial charge is 0.0422 e. The van der Waals surface area contributed by atoms with Crippen molar-refractivity contribution in [1.29, 1.82) is 0 Å². The molecule has 0 aromatic heterocycles. The van der Waals surface area contributed by atoms with Gasteiger partial charge in [0.25, 0.3) is 0 Å². The van der Waals surface area contributed by atoms with Crippen molar-refractivity contribution in [1.82, 2.24) is 0 Å². The van der Waals surface area contributed by atoms with Crippen LogP contribution in [0.15, 0.2) is 57.5 Å². The van der Waals surface area contributed by atoms with Crippen LogP contribution in [-0.2, 0) is 12.0 Å². The molecule has 1 unspecified atom stereocenters. The van der Waals surface area contributed by atoms with Crippen LogP contribution >= 0.6 is 31.9 Å². The van der Waals surface area contributed by atoms with Gasteiger partial charge in [-0.15, -0.1) is 0 Å². The molecule has 2 aromatic rings. The van der Waals surface area contributed by atoms with Crippen LogP contribution < -0.4 is 5.73 Å². The Labute approximate surface area is 125 Å². The average molecular weight is 369 g/mol. The van der Waals surface area contributed by atoms with E-state index in [0.29, 0.717) is 0 Å². The molecule has 0 aliphatic heterocycles. The van der Waals surface area contributed by atoms with Crippen molar-refractivity contribution in [3.8, 4) is 0 Å². The van der Waals surface area contributed by atoms with Crippen molar-refractivity contribution in [2.75, 3.05) is 0 Å². The summed E-state index contributed by atoms with van der Waals surface area (Å²) in [5, 5.41) is 0. The second-order valence-electron chi connectivity index (χ2n) is 4.70. The first kappa shape index (κ1) is 13.8. The third kappa shape index (κ3) is 3.22. The first-order valence-corrected chi connectivity index (χ1v) is 7.36. The highest BCUT2D eigenvalue weighted by Gasteiger charge is 2.22. The molecule has 1 nitrogen and oxygen atoms in total. The van der Waals surface area contributed by atoms with Gasteiger partial charge in [0.1, 0.15) is 0 Å². The van der Waals surface area contributed by atoms with Gasteiger partial charge in [-0.05, 0) is 42.7 Å². The van der Waals surface area contributed by atoms with E-state index in [2.05, 4.69) is 57.0 Å². The molecule has 0 fully saturated rings. The predicted octanol–water partition coefficient (Wildman–Crippen LogP) is 4.63. The van der Waals surface area contributed by atoms with E-state index in [9.17, 15) is 0 Å². The molecule has 1 atom stereocenters. The zero-order chi connectivity index (χ0) is 13.2. The second-order valence-corrected chi connectivity index (χ2v) is 6.47. The van der Waals surface area contributed by atoms with E-state index in [1.165, 1.54) is 5.56 Å². The Hall–Kier alpha value is -0.640. The van der Waals surface area contributed by atoms with Gasteiger partial charge in [0.15, 0.2) is 0 Å². The fourth-order valence-electron chi connectivity index (χ4n) is 1.98. The van der Waals surface area contributed by atoms with Crippen LogP contribution in [-0.4, -0.2) is 0 Å². The summed E-state index contributed by atoms with van der Waals surface area (Å²) in [6.45, 7) is 2.06. The average Bonchev–Trinajstić information content (AvgIpc) is 2.32. The summed E-state index contributed by atoms with van der Waals surface area (Å²) in [4.78, 5) is 0. The molecule has 0 radical (unpaired) electrons. The largest absolute Gasteiger partial charge is 0.321 e. The zero-order valence-corrected chi connectivity index (χ0v) is 13.3. The van der Waals surface area contributed by atoms with Crippen molar-refractivity contribution in [2.45, 2.75) is 18.9 Å². The number of hydrogen-bond acceptors (Lipinski definition) is 1. The van der Waals surface area contributed by atoms with Crippen molar-refractivity contribution in [2.24, 2.45) is 5.73 Å². The van der Waals surface area contributed by atoms with Crippen LogP contribution in [0.25, 0.3) is 0 Å². The lowest BCUT2D eigenvalue weighted by Gasteiger charge is -2.26. The fourth-order valence-corrected chi connectivity index (χ4v) is 2.81. The Morgan fingerprint density at radius 1 is 1.06 bits per heavy atom. The highest BCUT2D eigenvalue weighted by molar-refractivity contribution is 9.10. The quantitative estimate of drug-likeness (QED) is 0.839. The molecule has 2 N–H and O–H groups in total. The van der Waals surface area contributed by atoms with Gasteiger partial charge in [0.05, 0.1) is 0 Å². The summed E-state index contributed by atoms with van der Waals surface area (Å²) in [5.74, 6) is 0. The molecule has 0 saturated heterocycles. The number of rotatable bonds is 3. The molecule has 0 aliphatic rings. The number of benzene rings is 2. The topological polar surface area (TPSA) is 26.0 Å². The molecular formula is C15H15Br2N. The molecule has 0 spiro atoms. The zero-order valence-electron chi connectivity index (χ0n) is 10.2. The lowest BCUT2D eigenvalue weighted by molar-refractivity contribution is 0.490. The second kappa shape index (κ2) is 5.55. The van der Waals surface area contributed by atoms with Gasteiger partial charge < -0.3 is 5.73 Å². The van der Waals surface area contributed by atoms with Crippen LogP contribution in [0.4, 0.5) is 0 Å². The molecule has 0 heterocycles. The number of nitrogens with two attached hydrogens (primary N) is 1. The molecular weight excluding hydrogens is 354 g/mol. The van der Waals surface area contributed by atoms with Crippen molar-refractivity contribution in [3.05, 3.63) is 68.6 Å². The molecule has 2 aromatic carbocycles. The Morgan fingerprint density at radius 2 is 1.78 bits per heavy atom. The van der Waals surface area contributed by atoms with E-state index in [0.717, 1.165) is 20.9 Å². The summed E-state index contributed by atoms with van der Waals surface area (Å²) < 4.78 is 2.17. The lowest BCUT2D eigenvalue weighted by atomic mass is 9.87. The van der Waals surface area contributed by atoms with Crippen LogP contribution in [0.5, 0.6) is 0 Å². The van der Waals surface area contributed by atoms with Gasteiger partial charge in [-0.2, -0.15) is 0 Å². The van der Waals surface area contributed by atoms with E-state index in [1.807, 2.05) is 30.3 Å². The molecule has 0 aliphatic carbocycles. The SMILES string of the molecule is CC(N)(Cc1ccccc1Br)c1cccc(Br)c1. The van der Waals surface area contributed by atoms with E-state index < -0.39 is 0 Å². The normalized spacial score (nSPS) is 14.2. The molecule has 0 bridgehead atoms. The monoisotopic (exact) mass is 367 g/mol. The van der Waals surface area contributed by atoms with Gasteiger partial charge >= 0.3 is 0 Å². The van der Waals surface area contributed by atoms with Crippen LogP contribution in [0, 0.1) is 0 Å². The van der Waals surface area contributed by atoms with Gasteiger partial charge in [-0.1, -0.05) is 62.2 Å². The van der Waals surface area contributed by atoms with Crippen LogP contribution in [0.2, 0.25) is 0 Å². The third-order valence-corrected chi connectivity index (χ3v) is 4.27. The van der Waals surface area contributed by atoms with Crippen LogP contribution in [0.3, 0.4) is 0 Å². The maximum atomic E-state index is 6.47. The Kier molecular flexibility index (Phi) is 4.25. The fraction of sp³-hybridized carbons (Fsp3) is 0.200. The molecule has 0 amide bonds. The summed E-state index contributed by atoms with van der Waals surface area (Å²) in [6, 6.07) is 16.4. The summed E-state index contributed by atoms with van der Waals surface area (Å²) in [7, 11) is 0. The van der Waals surface area contributed by atoms with Crippen molar-refractivity contribution in [3.63, 3.8) is 0 Å². The van der Waals surface area contributed by atoms with Gasteiger partial charge in [-0.3, -0.25) is 0 Å². The molecule has 18 heavy (non-hydrogen) atoms. The lowest BCUT2D eigenvalue weighted by Crippen LogP contribution is -2.35. The highest BCUT2D eigenvalue weighted by atomic mass is 79.9. The Bertz CT molecular complexity index is 550. The summed E-state index contributed by atoms with van der Waals surface area (Å²) >= 11 is 7.06. The van der Waals surface area contributed by atoms with Crippen LogP contribution in [0.1, 0.15) is 18.1 Å². The van der Waals surface area contributed by atoms with E-state index in [4.69, 9.17) is 5.73 Å². The van der Waals surface area contributed by atoms with Gasteiger partial charge in [-0.25, -0.2) is 0 Å². The Balaban J connectivity index is 2.30. The Morgan fingerprint density at radius 3 is 2.44 bits per heavy atom.